The van der Waals surface area contributed by atoms with Crippen molar-refractivity contribution in [3.63, 3.8) is 0 Å². The first-order valence-electron chi connectivity index (χ1n) is 8.61. The van der Waals surface area contributed by atoms with Crippen LogP contribution >= 0.6 is 15.9 Å². The average molecular weight is 448 g/mol. The number of rotatable bonds is 8. The van der Waals surface area contributed by atoms with Crippen molar-refractivity contribution in [1.82, 2.24) is 0 Å². The summed E-state index contributed by atoms with van der Waals surface area (Å²) in [6.07, 6.45) is 1.43. The Balaban J connectivity index is 2.31. The lowest BCUT2D eigenvalue weighted by molar-refractivity contribution is -0.137. The molecule has 5 nitrogen and oxygen atoms in total. The lowest BCUT2D eigenvalue weighted by Crippen LogP contribution is -2.06. The van der Waals surface area contributed by atoms with E-state index in [0.29, 0.717) is 28.1 Å². The fraction of sp³-hybridized carbons (Fsp3) is 0.238. The Bertz CT molecular complexity index is 904. The first-order chi connectivity index (χ1) is 13.5. The summed E-state index contributed by atoms with van der Waals surface area (Å²) < 4.78 is 30.0. The second-order valence-corrected chi connectivity index (χ2v) is 6.42. The fourth-order valence-electron chi connectivity index (χ4n) is 2.32. The highest BCUT2D eigenvalue weighted by Crippen LogP contribution is 2.38. The fourth-order valence-corrected chi connectivity index (χ4v) is 2.90. The van der Waals surface area contributed by atoms with Crippen LogP contribution in [0, 0.1) is 17.1 Å². The number of hydrogen-bond acceptors (Lipinski definition) is 5. The molecule has 0 aliphatic heterocycles. The molecule has 0 aliphatic carbocycles. The number of carbonyl (C=O) groups is 1. The van der Waals surface area contributed by atoms with Crippen molar-refractivity contribution >= 4 is 28.0 Å². The lowest BCUT2D eigenvalue weighted by Gasteiger charge is -2.15. The van der Waals surface area contributed by atoms with Crippen LogP contribution < -0.4 is 9.47 Å². The number of halogens is 2. The Hall–Kier alpha value is -2.85. The van der Waals surface area contributed by atoms with E-state index in [1.165, 1.54) is 18.2 Å². The van der Waals surface area contributed by atoms with Gasteiger partial charge < -0.3 is 14.2 Å². The predicted octanol–water partition coefficient (Wildman–Crippen LogP) is 5.04. The van der Waals surface area contributed by atoms with Crippen LogP contribution in [-0.2, 0) is 16.1 Å². The largest absolute Gasteiger partial charge is 0.490 e. The zero-order valence-electron chi connectivity index (χ0n) is 15.5. The standard InChI is InChI=1S/C21H19BrFNO4/c1-3-26-19-11-15(9-16(12-24)21(25)27-4-2)10-18(22)20(19)28-13-14-5-7-17(23)8-6-14/h5-11H,3-4,13H2,1-2H3. The summed E-state index contributed by atoms with van der Waals surface area (Å²) >= 11 is 3.44. The normalized spacial score (nSPS) is 10.9. The number of carbonyl (C=O) groups excluding carboxylic acids is 1. The van der Waals surface area contributed by atoms with Gasteiger partial charge in [0.2, 0.25) is 0 Å². The Labute approximate surface area is 171 Å². The van der Waals surface area contributed by atoms with Gasteiger partial charge in [0, 0.05) is 0 Å². The number of hydrogen-bond donors (Lipinski definition) is 0. The molecular formula is C21H19BrFNO4. The molecule has 0 aromatic heterocycles. The third-order valence-electron chi connectivity index (χ3n) is 3.55. The Morgan fingerprint density at radius 1 is 1.18 bits per heavy atom. The SMILES string of the molecule is CCOC(=O)C(C#N)=Cc1cc(Br)c(OCc2ccc(F)cc2)c(OCC)c1. The first kappa shape index (κ1) is 21.5. The van der Waals surface area contributed by atoms with Gasteiger partial charge in [0.25, 0.3) is 0 Å². The van der Waals surface area contributed by atoms with Crippen LogP contribution in [0.25, 0.3) is 6.08 Å². The Morgan fingerprint density at radius 3 is 2.50 bits per heavy atom. The van der Waals surface area contributed by atoms with Gasteiger partial charge in [-0.3, -0.25) is 0 Å². The van der Waals surface area contributed by atoms with Crippen LogP contribution in [0.15, 0.2) is 46.4 Å². The summed E-state index contributed by atoms with van der Waals surface area (Å²) in [6, 6.07) is 11.2. The molecule has 0 bridgehead atoms. The maximum Gasteiger partial charge on any atom is 0.348 e. The van der Waals surface area contributed by atoms with Gasteiger partial charge in [0.1, 0.15) is 24.1 Å². The van der Waals surface area contributed by atoms with Crippen molar-refractivity contribution in [2.75, 3.05) is 13.2 Å². The van der Waals surface area contributed by atoms with Crippen LogP contribution in [0.4, 0.5) is 4.39 Å². The van der Waals surface area contributed by atoms with Crippen molar-refractivity contribution in [1.29, 1.82) is 5.26 Å². The summed E-state index contributed by atoms with van der Waals surface area (Å²) in [5.41, 5.74) is 1.26. The highest BCUT2D eigenvalue weighted by Gasteiger charge is 2.15. The van der Waals surface area contributed by atoms with Crippen molar-refractivity contribution in [2.24, 2.45) is 0 Å². The highest BCUT2D eigenvalue weighted by atomic mass is 79.9. The molecule has 0 heterocycles. The van der Waals surface area contributed by atoms with E-state index in [2.05, 4.69) is 15.9 Å². The van der Waals surface area contributed by atoms with Gasteiger partial charge in [-0.25, -0.2) is 9.18 Å². The van der Waals surface area contributed by atoms with Crippen LogP contribution in [-0.4, -0.2) is 19.2 Å². The Morgan fingerprint density at radius 2 is 1.89 bits per heavy atom. The minimum Gasteiger partial charge on any atom is -0.490 e. The topological polar surface area (TPSA) is 68.6 Å². The van der Waals surface area contributed by atoms with Gasteiger partial charge in [0.15, 0.2) is 11.5 Å². The van der Waals surface area contributed by atoms with Gasteiger partial charge >= 0.3 is 5.97 Å². The van der Waals surface area contributed by atoms with E-state index >= 15 is 0 Å². The summed E-state index contributed by atoms with van der Waals surface area (Å²) in [7, 11) is 0. The third kappa shape index (κ3) is 5.83. The number of esters is 1. The molecule has 28 heavy (non-hydrogen) atoms. The maximum atomic E-state index is 13.0. The number of nitriles is 1. The van der Waals surface area contributed by atoms with Crippen molar-refractivity contribution < 1.29 is 23.4 Å². The zero-order chi connectivity index (χ0) is 20.5. The van der Waals surface area contributed by atoms with E-state index < -0.39 is 5.97 Å². The van der Waals surface area contributed by atoms with Gasteiger partial charge in [-0.05, 0) is 71.2 Å². The maximum absolute atomic E-state index is 13.0. The van der Waals surface area contributed by atoms with E-state index in [9.17, 15) is 14.4 Å². The van der Waals surface area contributed by atoms with Gasteiger partial charge in [-0.2, -0.15) is 5.26 Å². The predicted molar refractivity (Wildman–Crippen MR) is 106 cm³/mol. The highest BCUT2D eigenvalue weighted by molar-refractivity contribution is 9.10. The summed E-state index contributed by atoms with van der Waals surface area (Å²) in [6.45, 7) is 4.31. The van der Waals surface area contributed by atoms with Gasteiger partial charge in [-0.15, -0.1) is 0 Å². The van der Waals surface area contributed by atoms with E-state index in [0.717, 1.165) is 5.56 Å². The van der Waals surface area contributed by atoms with E-state index in [-0.39, 0.29) is 24.6 Å². The molecule has 0 amide bonds. The molecule has 0 radical (unpaired) electrons. The van der Waals surface area contributed by atoms with Crippen molar-refractivity contribution in [3.05, 3.63) is 63.4 Å². The third-order valence-corrected chi connectivity index (χ3v) is 4.14. The first-order valence-corrected chi connectivity index (χ1v) is 9.40. The molecule has 0 fully saturated rings. The number of benzene rings is 2. The summed E-state index contributed by atoms with van der Waals surface area (Å²) in [5, 5.41) is 9.20. The molecule has 2 aromatic carbocycles. The van der Waals surface area contributed by atoms with Crippen LogP contribution in [0.5, 0.6) is 11.5 Å². The number of nitrogens with zero attached hydrogens (tertiary/aromatic N) is 1. The quantitative estimate of drug-likeness (QED) is 0.322. The molecule has 0 saturated carbocycles. The lowest BCUT2D eigenvalue weighted by atomic mass is 10.1. The van der Waals surface area contributed by atoms with E-state index in [1.54, 1.807) is 31.2 Å². The van der Waals surface area contributed by atoms with Crippen LogP contribution in [0.1, 0.15) is 25.0 Å². The van der Waals surface area contributed by atoms with Crippen molar-refractivity contribution in [3.8, 4) is 17.6 Å². The molecular weight excluding hydrogens is 429 g/mol. The molecule has 0 aliphatic rings. The second kappa shape index (κ2) is 10.5. The molecule has 2 rings (SSSR count). The minimum absolute atomic E-state index is 0.115. The molecule has 0 spiro atoms. The summed E-state index contributed by atoms with van der Waals surface area (Å²) in [5.74, 6) is -0.0777. The van der Waals surface area contributed by atoms with Crippen LogP contribution in [0.3, 0.4) is 0 Å². The van der Waals surface area contributed by atoms with E-state index in [4.69, 9.17) is 14.2 Å². The minimum atomic E-state index is -0.685. The van der Waals surface area contributed by atoms with Crippen LogP contribution in [0.2, 0.25) is 0 Å². The number of ether oxygens (including phenoxy) is 3. The van der Waals surface area contributed by atoms with Gasteiger partial charge in [0.05, 0.1) is 17.7 Å². The average Bonchev–Trinajstić information content (AvgIpc) is 2.67. The monoisotopic (exact) mass is 447 g/mol. The second-order valence-electron chi connectivity index (χ2n) is 5.57. The van der Waals surface area contributed by atoms with Gasteiger partial charge in [-0.1, -0.05) is 12.1 Å². The summed E-state index contributed by atoms with van der Waals surface area (Å²) in [4.78, 5) is 11.8. The molecule has 7 heteroatoms. The molecule has 0 unspecified atom stereocenters. The molecule has 0 atom stereocenters. The molecule has 146 valence electrons. The van der Waals surface area contributed by atoms with Crippen molar-refractivity contribution in [2.45, 2.75) is 20.5 Å². The van der Waals surface area contributed by atoms with E-state index in [1.807, 2.05) is 13.0 Å². The zero-order valence-corrected chi connectivity index (χ0v) is 17.1. The smallest absolute Gasteiger partial charge is 0.348 e. The molecule has 2 aromatic rings. The molecule has 0 N–H and O–H groups in total. The molecule has 0 saturated heterocycles. The Kier molecular flexibility index (Phi) is 8.02.